The SMILES string of the molecule is NN=CCNCCC(N)CC(=O)O. The van der Waals surface area contributed by atoms with Crippen LogP contribution in [-0.4, -0.2) is 36.4 Å². The molecule has 1 atom stereocenters. The molecule has 0 fully saturated rings. The molecule has 76 valence electrons. The fourth-order valence-electron chi connectivity index (χ4n) is 0.833. The van der Waals surface area contributed by atoms with E-state index in [-0.39, 0.29) is 12.5 Å². The largest absolute Gasteiger partial charge is 0.481 e. The molecule has 6 N–H and O–H groups in total. The third kappa shape index (κ3) is 8.77. The van der Waals surface area contributed by atoms with Gasteiger partial charge < -0.3 is 22.0 Å². The molecular formula is C7H16N4O2. The summed E-state index contributed by atoms with van der Waals surface area (Å²) in [5.74, 6) is 4.00. The van der Waals surface area contributed by atoms with E-state index >= 15 is 0 Å². The van der Waals surface area contributed by atoms with Gasteiger partial charge in [-0.3, -0.25) is 4.79 Å². The minimum Gasteiger partial charge on any atom is -0.481 e. The first-order valence-electron chi connectivity index (χ1n) is 4.06. The minimum atomic E-state index is -0.865. The van der Waals surface area contributed by atoms with Gasteiger partial charge in [0.25, 0.3) is 0 Å². The van der Waals surface area contributed by atoms with Gasteiger partial charge in [0.05, 0.1) is 6.42 Å². The fourth-order valence-corrected chi connectivity index (χ4v) is 0.833. The summed E-state index contributed by atoms with van der Waals surface area (Å²) in [6.45, 7) is 1.25. The second kappa shape index (κ2) is 7.51. The van der Waals surface area contributed by atoms with E-state index in [1.54, 1.807) is 0 Å². The number of nitrogens with two attached hydrogens (primary N) is 2. The van der Waals surface area contributed by atoms with Crippen LogP contribution in [0.1, 0.15) is 12.8 Å². The maximum absolute atomic E-state index is 10.2. The van der Waals surface area contributed by atoms with E-state index in [2.05, 4.69) is 10.4 Å². The Morgan fingerprint density at radius 3 is 2.92 bits per heavy atom. The third-order valence-electron chi connectivity index (χ3n) is 1.47. The zero-order chi connectivity index (χ0) is 10.1. The molecule has 0 aromatic carbocycles. The Morgan fingerprint density at radius 2 is 2.38 bits per heavy atom. The number of nitrogens with zero attached hydrogens (tertiary/aromatic N) is 1. The summed E-state index contributed by atoms with van der Waals surface area (Å²) in [6, 6.07) is -0.292. The molecule has 0 radical (unpaired) electrons. The summed E-state index contributed by atoms with van der Waals surface area (Å²) in [7, 11) is 0. The van der Waals surface area contributed by atoms with Crippen molar-refractivity contribution >= 4 is 12.2 Å². The fraction of sp³-hybridized carbons (Fsp3) is 0.714. The Labute approximate surface area is 77.0 Å². The molecule has 0 bridgehead atoms. The normalized spacial score (nSPS) is 13.3. The second-order valence-corrected chi connectivity index (χ2v) is 2.68. The van der Waals surface area contributed by atoms with Gasteiger partial charge in [0, 0.05) is 18.8 Å². The molecule has 6 nitrogen and oxygen atoms in total. The van der Waals surface area contributed by atoms with Crippen LogP contribution in [0.15, 0.2) is 5.10 Å². The summed E-state index contributed by atoms with van der Waals surface area (Å²) < 4.78 is 0. The molecule has 0 spiro atoms. The Balaban J connectivity index is 3.26. The molecule has 6 heteroatoms. The van der Waals surface area contributed by atoms with E-state index < -0.39 is 5.97 Å². The van der Waals surface area contributed by atoms with E-state index in [9.17, 15) is 4.79 Å². The van der Waals surface area contributed by atoms with Crippen molar-refractivity contribution in [2.75, 3.05) is 13.1 Å². The van der Waals surface area contributed by atoms with E-state index in [0.717, 1.165) is 0 Å². The molecule has 1 unspecified atom stereocenters. The van der Waals surface area contributed by atoms with Crippen molar-refractivity contribution in [1.82, 2.24) is 5.32 Å². The van der Waals surface area contributed by atoms with Gasteiger partial charge in [0.1, 0.15) is 0 Å². The van der Waals surface area contributed by atoms with E-state index in [0.29, 0.717) is 19.5 Å². The molecule has 0 heterocycles. The minimum absolute atomic E-state index is 0.00661. The zero-order valence-electron chi connectivity index (χ0n) is 7.44. The number of aliphatic carboxylic acids is 1. The van der Waals surface area contributed by atoms with E-state index in [1.165, 1.54) is 6.21 Å². The summed E-state index contributed by atoms with van der Waals surface area (Å²) in [5.41, 5.74) is 5.51. The van der Waals surface area contributed by atoms with Gasteiger partial charge in [-0.1, -0.05) is 0 Å². The van der Waals surface area contributed by atoms with Gasteiger partial charge in [-0.15, -0.1) is 0 Å². The van der Waals surface area contributed by atoms with Gasteiger partial charge >= 0.3 is 5.97 Å². The first kappa shape index (κ1) is 11.9. The molecule has 0 amide bonds. The lowest BCUT2D eigenvalue weighted by atomic mass is 10.1. The number of carboxylic acid groups (broad SMARTS) is 1. The van der Waals surface area contributed by atoms with Crippen LogP contribution < -0.4 is 16.9 Å². The molecule has 0 aliphatic carbocycles. The van der Waals surface area contributed by atoms with E-state index in [1.807, 2.05) is 0 Å². The lowest BCUT2D eigenvalue weighted by molar-refractivity contribution is -0.137. The van der Waals surface area contributed by atoms with Crippen molar-refractivity contribution in [3.8, 4) is 0 Å². The third-order valence-corrected chi connectivity index (χ3v) is 1.47. The standard InChI is InChI=1S/C7H16N4O2/c8-6(5-7(12)13)1-2-10-3-4-11-9/h4,6,10H,1-3,5,8-9H2,(H,12,13). The predicted octanol–water partition coefficient (Wildman–Crippen LogP) is -1.29. The number of hydrogen-bond acceptors (Lipinski definition) is 5. The maximum Gasteiger partial charge on any atom is 0.304 e. The van der Waals surface area contributed by atoms with Crippen LogP contribution in [0.25, 0.3) is 0 Å². The molecule has 0 aliphatic heterocycles. The molecule has 0 aliphatic rings. The van der Waals surface area contributed by atoms with Crippen LogP contribution >= 0.6 is 0 Å². The smallest absolute Gasteiger partial charge is 0.304 e. The summed E-state index contributed by atoms with van der Waals surface area (Å²) in [5, 5.41) is 14.7. The van der Waals surface area contributed by atoms with Crippen molar-refractivity contribution in [2.45, 2.75) is 18.9 Å². The number of hydrogen-bond donors (Lipinski definition) is 4. The van der Waals surface area contributed by atoms with Gasteiger partial charge in [-0.2, -0.15) is 5.10 Å². The summed E-state index contributed by atoms with van der Waals surface area (Å²) >= 11 is 0. The van der Waals surface area contributed by atoms with Crippen LogP contribution in [0.2, 0.25) is 0 Å². The van der Waals surface area contributed by atoms with Crippen LogP contribution in [0.3, 0.4) is 0 Å². The number of carbonyl (C=O) groups is 1. The average molecular weight is 188 g/mol. The monoisotopic (exact) mass is 188 g/mol. The van der Waals surface area contributed by atoms with Crippen LogP contribution in [0, 0.1) is 0 Å². The lowest BCUT2D eigenvalue weighted by Crippen LogP contribution is -2.29. The van der Waals surface area contributed by atoms with Crippen molar-refractivity contribution in [2.24, 2.45) is 16.7 Å². The Kier molecular flexibility index (Phi) is 6.85. The van der Waals surface area contributed by atoms with Crippen LogP contribution in [0.4, 0.5) is 0 Å². The highest BCUT2D eigenvalue weighted by Gasteiger charge is 2.06. The van der Waals surface area contributed by atoms with Gasteiger partial charge in [-0.05, 0) is 13.0 Å². The molecule has 13 heavy (non-hydrogen) atoms. The molecule has 0 rings (SSSR count). The van der Waals surface area contributed by atoms with Crippen molar-refractivity contribution in [3.63, 3.8) is 0 Å². The number of carboxylic acids is 1. The highest BCUT2D eigenvalue weighted by Crippen LogP contribution is 1.92. The lowest BCUT2D eigenvalue weighted by Gasteiger charge is -2.07. The number of nitrogens with one attached hydrogen (secondary N) is 1. The first-order chi connectivity index (χ1) is 6.16. The predicted molar refractivity (Wildman–Crippen MR) is 50.4 cm³/mol. The molecule has 0 aromatic rings. The Hall–Kier alpha value is -1.14. The topological polar surface area (TPSA) is 114 Å². The molecule has 0 aromatic heterocycles. The summed E-state index contributed by atoms with van der Waals surface area (Å²) in [4.78, 5) is 10.2. The zero-order valence-corrected chi connectivity index (χ0v) is 7.44. The van der Waals surface area contributed by atoms with Crippen molar-refractivity contribution < 1.29 is 9.90 Å². The average Bonchev–Trinajstić information content (AvgIpc) is 2.02. The van der Waals surface area contributed by atoms with Crippen molar-refractivity contribution in [3.05, 3.63) is 0 Å². The van der Waals surface area contributed by atoms with Gasteiger partial charge in [0.15, 0.2) is 0 Å². The second-order valence-electron chi connectivity index (χ2n) is 2.68. The first-order valence-corrected chi connectivity index (χ1v) is 4.06. The quantitative estimate of drug-likeness (QED) is 0.172. The van der Waals surface area contributed by atoms with Crippen LogP contribution in [0.5, 0.6) is 0 Å². The van der Waals surface area contributed by atoms with Crippen LogP contribution in [-0.2, 0) is 4.79 Å². The van der Waals surface area contributed by atoms with Gasteiger partial charge in [-0.25, -0.2) is 0 Å². The highest BCUT2D eigenvalue weighted by molar-refractivity contribution is 5.67. The number of rotatable bonds is 7. The molecule has 0 saturated heterocycles. The molecular weight excluding hydrogens is 172 g/mol. The van der Waals surface area contributed by atoms with Crippen molar-refractivity contribution in [1.29, 1.82) is 0 Å². The summed E-state index contributed by atoms with van der Waals surface area (Å²) in [6.07, 6.45) is 2.17. The Bertz CT molecular complexity index is 172. The maximum atomic E-state index is 10.2. The molecule has 0 saturated carbocycles. The highest BCUT2D eigenvalue weighted by atomic mass is 16.4. The number of hydrazone groups is 1. The Morgan fingerprint density at radius 1 is 1.69 bits per heavy atom. The van der Waals surface area contributed by atoms with Gasteiger partial charge in [0.2, 0.25) is 0 Å². The van der Waals surface area contributed by atoms with E-state index in [4.69, 9.17) is 16.7 Å².